The highest BCUT2D eigenvalue weighted by Crippen LogP contribution is 2.56. The van der Waals surface area contributed by atoms with Crippen LogP contribution >= 0.6 is 0 Å². The van der Waals surface area contributed by atoms with Crippen molar-refractivity contribution in [3.63, 3.8) is 0 Å². The van der Waals surface area contributed by atoms with Crippen molar-refractivity contribution in [3.8, 4) is 5.75 Å². The van der Waals surface area contributed by atoms with Crippen molar-refractivity contribution in [2.75, 3.05) is 26.2 Å². The summed E-state index contributed by atoms with van der Waals surface area (Å²) in [6.07, 6.45) is 10.2. The first-order valence-electron chi connectivity index (χ1n) is 11.0. The molecule has 1 aliphatic carbocycles. The van der Waals surface area contributed by atoms with E-state index in [0.717, 1.165) is 50.9 Å². The summed E-state index contributed by atoms with van der Waals surface area (Å²) in [5.74, 6) is 2.29. The maximum atomic E-state index is 5.67. The molecule has 1 unspecified atom stereocenters. The Morgan fingerprint density at radius 2 is 2.21 bits per heavy atom. The Hall–Kier alpha value is -1.85. The van der Waals surface area contributed by atoms with Crippen LogP contribution in [0.25, 0.3) is 0 Å². The Morgan fingerprint density at radius 1 is 1.32 bits per heavy atom. The van der Waals surface area contributed by atoms with Crippen molar-refractivity contribution in [1.82, 2.24) is 19.8 Å². The van der Waals surface area contributed by atoms with Crippen molar-refractivity contribution in [1.29, 1.82) is 0 Å². The van der Waals surface area contributed by atoms with E-state index in [1.54, 1.807) is 0 Å². The molecule has 1 saturated carbocycles. The molecule has 5 heteroatoms. The van der Waals surface area contributed by atoms with E-state index in [0.29, 0.717) is 5.41 Å². The Labute approximate surface area is 168 Å². The molecule has 5 rings (SSSR count). The van der Waals surface area contributed by atoms with Gasteiger partial charge in [-0.15, -0.1) is 0 Å². The molecule has 2 aromatic rings. The quantitative estimate of drug-likeness (QED) is 0.802. The monoisotopic (exact) mass is 380 g/mol. The van der Waals surface area contributed by atoms with Crippen LogP contribution in [-0.2, 0) is 25.9 Å². The summed E-state index contributed by atoms with van der Waals surface area (Å²) < 4.78 is 7.96. The molecule has 0 radical (unpaired) electrons. The molecule has 3 heterocycles. The predicted molar refractivity (Wildman–Crippen MR) is 111 cm³/mol. The molecule has 1 aromatic carbocycles. The minimum atomic E-state index is 0.556. The molecule has 0 amide bonds. The number of ether oxygens (including phenoxy) is 1. The van der Waals surface area contributed by atoms with Crippen LogP contribution in [0.5, 0.6) is 5.75 Å². The molecular weight excluding hydrogens is 348 g/mol. The molecule has 1 N–H and O–H groups in total. The predicted octanol–water partition coefficient (Wildman–Crippen LogP) is 3.02. The number of hydrogen-bond donors (Lipinski definition) is 1. The van der Waals surface area contributed by atoms with Crippen LogP contribution in [0.4, 0.5) is 0 Å². The highest BCUT2D eigenvalue weighted by Gasteiger charge is 2.56. The zero-order valence-electron chi connectivity index (χ0n) is 17.0. The number of aromatic nitrogens is 2. The van der Waals surface area contributed by atoms with Gasteiger partial charge in [-0.3, -0.25) is 4.90 Å². The second kappa shape index (κ2) is 7.53. The Balaban J connectivity index is 1.31. The average Bonchev–Trinajstić information content (AvgIpc) is 3.09. The molecule has 1 spiro atoms. The fourth-order valence-electron chi connectivity index (χ4n) is 5.28. The molecule has 1 atom stereocenters. The number of hydrogen-bond acceptors (Lipinski definition) is 4. The largest absolute Gasteiger partial charge is 0.493 e. The molecular formula is C23H32N4O. The number of aryl methyl sites for hydroxylation is 1. The van der Waals surface area contributed by atoms with Gasteiger partial charge in [-0.2, -0.15) is 0 Å². The Kier molecular flexibility index (Phi) is 4.89. The van der Waals surface area contributed by atoms with Crippen molar-refractivity contribution in [2.24, 2.45) is 5.41 Å². The molecule has 0 bridgehead atoms. The van der Waals surface area contributed by atoms with Gasteiger partial charge in [0.05, 0.1) is 13.2 Å². The molecule has 1 saturated heterocycles. The lowest BCUT2D eigenvalue weighted by Gasteiger charge is -2.29. The van der Waals surface area contributed by atoms with E-state index in [9.17, 15) is 0 Å². The highest BCUT2D eigenvalue weighted by atomic mass is 16.5. The van der Waals surface area contributed by atoms with Crippen LogP contribution < -0.4 is 10.1 Å². The minimum Gasteiger partial charge on any atom is -0.493 e. The van der Waals surface area contributed by atoms with Gasteiger partial charge >= 0.3 is 0 Å². The van der Waals surface area contributed by atoms with E-state index in [2.05, 4.69) is 51.1 Å². The number of nitrogens with zero attached hydrogens (tertiary/aromatic N) is 3. The molecule has 3 aliphatic rings. The standard InChI is InChI=1S/C23H32N4O/c1-2-26-13-11-25-22(26)17-27(21-16-23(21)7-9-24-10-8-23)12-5-18-3-4-20-19(15-18)6-14-28-20/h3-4,11,13,15,21,24H,2,5-10,12,14,16-17H2,1H3. The summed E-state index contributed by atoms with van der Waals surface area (Å²) in [5, 5.41) is 3.54. The van der Waals surface area contributed by atoms with Crippen LogP contribution in [-0.4, -0.2) is 46.7 Å². The van der Waals surface area contributed by atoms with E-state index in [1.807, 2.05) is 6.20 Å². The number of benzene rings is 1. The number of imidazole rings is 1. The SMILES string of the molecule is CCn1ccnc1CN(CCc1ccc2c(c1)CCO2)C1CC12CCNCC2. The summed E-state index contributed by atoms with van der Waals surface area (Å²) in [4.78, 5) is 7.39. The summed E-state index contributed by atoms with van der Waals surface area (Å²) in [7, 11) is 0. The maximum Gasteiger partial charge on any atom is 0.122 e. The third kappa shape index (κ3) is 3.46. The van der Waals surface area contributed by atoms with E-state index in [-0.39, 0.29) is 0 Å². The molecule has 2 fully saturated rings. The van der Waals surface area contributed by atoms with Crippen LogP contribution in [0.1, 0.15) is 43.1 Å². The van der Waals surface area contributed by atoms with Gasteiger partial charge in [0.1, 0.15) is 11.6 Å². The molecule has 150 valence electrons. The Bertz CT molecular complexity index is 824. The topological polar surface area (TPSA) is 42.3 Å². The van der Waals surface area contributed by atoms with Crippen LogP contribution in [0.3, 0.4) is 0 Å². The first-order chi connectivity index (χ1) is 13.8. The molecule has 5 nitrogen and oxygen atoms in total. The van der Waals surface area contributed by atoms with Crippen molar-refractivity contribution in [2.45, 2.75) is 58.2 Å². The van der Waals surface area contributed by atoms with E-state index >= 15 is 0 Å². The van der Waals surface area contributed by atoms with Gasteiger partial charge in [-0.25, -0.2) is 4.98 Å². The van der Waals surface area contributed by atoms with Crippen LogP contribution in [0, 0.1) is 5.41 Å². The van der Waals surface area contributed by atoms with Gasteiger partial charge in [-0.1, -0.05) is 12.1 Å². The van der Waals surface area contributed by atoms with Gasteiger partial charge in [0.15, 0.2) is 0 Å². The molecule has 2 aliphatic heterocycles. The van der Waals surface area contributed by atoms with Crippen LogP contribution in [0.15, 0.2) is 30.6 Å². The summed E-state index contributed by atoms with van der Waals surface area (Å²) in [6.45, 7) is 8.47. The van der Waals surface area contributed by atoms with E-state index in [1.165, 1.54) is 49.3 Å². The number of piperidine rings is 1. The van der Waals surface area contributed by atoms with Crippen molar-refractivity contribution in [3.05, 3.63) is 47.5 Å². The van der Waals surface area contributed by atoms with E-state index < -0.39 is 0 Å². The fraction of sp³-hybridized carbons (Fsp3) is 0.609. The highest BCUT2D eigenvalue weighted by molar-refractivity contribution is 5.39. The van der Waals surface area contributed by atoms with Gasteiger partial charge in [0.2, 0.25) is 0 Å². The first-order valence-corrected chi connectivity index (χ1v) is 11.0. The average molecular weight is 381 g/mol. The second-order valence-electron chi connectivity index (χ2n) is 8.72. The number of rotatable bonds is 7. The zero-order chi connectivity index (χ0) is 19.0. The van der Waals surface area contributed by atoms with Crippen molar-refractivity contribution < 1.29 is 4.74 Å². The number of nitrogens with one attached hydrogen (secondary N) is 1. The van der Waals surface area contributed by atoms with E-state index in [4.69, 9.17) is 4.74 Å². The third-order valence-corrected chi connectivity index (χ3v) is 7.12. The summed E-state index contributed by atoms with van der Waals surface area (Å²) in [6, 6.07) is 7.50. The smallest absolute Gasteiger partial charge is 0.122 e. The molecule has 1 aromatic heterocycles. The molecule has 28 heavy (non-hydrogen) atoms. The number of fused-ring (bicyclic) bond motifs is 1. The Morgan fingerprint density at radius 3 is 3.07 bits per heavy atom. The van der Waals surface area contributed by atoms with Gasteiger partial charge in [0.25, 0.3) is 0 Å². The summed E-state index contributed by atoms with van der Waals surface area (Å²) >= 11 is 0. The minimum absolute atomic E-state index is 0.556. The summed E-state index contributed by atoms with van der Waals surface area (Å²) in [5.41, 5.74) is 3.38. The second-order valence-corrected chi connectivity index (χ2v) is 8.72. The van der Waals surface area contributed by atoms with Crippen molar-refractivity contribution >= 4 is 0 Å². The van der Waals surface area contributed by atoms with Gasteiger partial charge < -0.3 is 14.6 Å². The first kappa shape index (κ1) is 18.2. The normalized spacial score (nSPS) is 22.4. The lowest BCUT2D eigenvalue weighted by molar-refractivity contribution is 0.191. The lowest BCUT2D eigenvalue weighted by atomic mass is 9.93. The maximum absolute atomic E-state index is 5.67. The zero-order valence-corrected chi connectivity index (χ0v) is 17.0. The third-order valence-electron chi connectivity index (χ3n) is 7.12. The van der Waals surface area contributed by atoms with Crippen LogP contribution in [0.2, 0.25) is 0 Å². The fourth-order valence-corrected chi connectivity index (χ4v) is 5.28. The van der Waals surface area contributed by atoms with Gasteiger partial charge in [0, 0.05) is 37.9 Å². The van der Waals surface area contributed by atoms with Gasteiger partial charge in [-0.05, 0) is 68.3 Å². The lowest BCUT2D eigenvalue weighted by Crippen LogP contribution is -2.37.